The van der Waals surface area contributed by atoms with Crippen LogP contribution in [0.4, 0.5) is 0 Å². The molecule has 7 heteroatoms. The molecule has 0 aliphatic heterocycles. The van der Waals surface area contributed by atoms with Crippen molar-refractivity contribution < 1.29 is 0 Å². The van der Waals surface area contributed by atoms with Crippen molar-refractivity contribution in [1.82, 2.24) is 29.5 Å². The molecule has 6 nitrogen and oxygen atoms in total. The summed E-state index contributed by atoms with van der Waals surface area (Å²) in [6.07, 6.45) is 1.57. The molecule has 0 saturated heterocycles. The first-order chi connectivity index (χ1) is 13.1. The van der Waals surface area contributed by atoms with Gasteiger partial charge in [-0.05, 0) is 37.1 Å². The Bertz CT molecular complexity index is 1070. The lowest BCUT2D eigenvalue weighted by molar-refractivity contribution is 0.729. The topological polar surface area (TPSA) is 61.4 Å². The molecular formula is C20H20N6S. The highest BCUT2D eigenvalue weighted by Gasteiger charge is 2.17. The predicted octanol–water partition coefficient (Wildman–Crippen LogP) is 3.97. The van der Waals surface area contributed by atoms with Gasteiger partial charge in [-0.2, -0.15) is 5.10 Å². The number of hydrogen-bond donors (Lipinski definition) is 0. The van der Waals surface area contributed by atoms with E-state index in [9.17, 15) is 0 Å². The average Bonchev–Trinajstić information content (AvgIpc) is 3.29. The molecule has 4 rings (SSSR count). The van der Waals surface area contributed by atoms with Gasteiger partial charge in [0.1, 0.15) is 12.2 Å². The van der Waals surface area contributed by atoms with E-state index in [4.69, 9.17) is 0 Å². The molecule has 27 heavy (non-hydrogen) atoms. The van der Waals surface area contributed by atoms with Crippen LogP contribution in [0.1, 0.15) is 17.0 Å². The fourth-order valence-electron chi connectivity index (χ4n) is 2.81. The molecule has 0 atom stereocenters. The molecule has 2 aromatic heterocycles. The molecular weight excluding hydrogens is 356 g/mol. The Hall–Kier alpha value is -2.93. The van der Waals surface area contributed by atoms with E-state index >= 15 is 0 Å². The summed E-state index contributed by atoms with van der Waals surface area (Å²) >= 11 is 1.61. The zero-order chi connectivity index (χ0) is 18.8. The SMILES string of the molecule is Cc1ccc(-n2c(SCc3ncnn3C)nnc2-c2ccccc2)cc1C. The van der Waals surface area contributed by atoms with Crippen molar-refractivity contribution in [2.75, 3.05) is 0 Å². The minimum atomic E-state index is 0.675. The first-order valence-corrected chi connectivity index (χ1v) is 9.66. The minimum absolute atomic E-state index is 0.675. The molecule has 0 amide bonds. The Morgan fingerprint density at radius 3 is 2.48 bits per heavy atom. The van der Waals surface area contributed by atoms with Crippen LogP contribution in [0.2, 0.25) is 0 Å². The van der Waals surface area contributed by atoms with Crippen LogP contribution in [-0.4, -0.2) is 29.5 Å². The van der Waals surface area contributed by atoms with Crippen molar-refractivity contribution >= 4 is 11.8 Å². The van der Waals surface area contributed by atoms with Gasteiger partial charge in [0.05, 0.1) is 11.4 Å². The van der Waals surface area contributed by atoms with Crippen molar-refractivity contribution in [3.8, 4) is 17.1 Å². The van der Waals surface area contributed by atoms with E-state index in [1.807, 2.05) is 25.2 Å². The molecule has 0 aliphatic carbocycles. The third kappa shape index (κ3) is 3.50. The second kappa shape index (κ2) is 7.36. The lowest BCUT2D eigenvalue weighted by Crippen LogP contribution is -2.02. The van der Waals surface area contributed by atoms with Crippen molar-refractivity contribution in [3.05, 3.63) is 71.8 Å². The van der Waals surface area contributed by atoms with Crippen LogP contribution in [0.5, 0.6) is 0 Å². The summed E-state index contributed by atoms with van der Waals surface area (Å²) in [5.41, 5.74) is 4.60. The van der Waals surface area contributed by atoms with Crippen LogP contribution in [0.15, 0.2) is 60.0 Å². The van der Waals surface area contributed by atoms with E-state index in [1.54, 1.807) is 22.8 Å². The molecule has 0 spiro atoms. The van der Waals surface area contributed by atoms with Crippen LogP contribution in [-0.2, 0) is 12.8 Å². The number of benzene rings is 2. The Morgan fingerprint density at radius 2 is 1.78 bits per heavy atom. The highest BCUT2D eigenvalue weighted by Crippen LogP contribution is 2.30. The van der Waals surface area contributed by atoms with Crippen molar-refractivity contribution in [1.29, 1.82) is 0 Å². The molecule has 0 fully saturated rings. The molecule has 0 N–H and O–H groups in total. The first-order valence-electron chi connectivity index (χ1n) is 8.67. The lowest BCUT2D eigenvalue weighted by atomic mass is 10.1. The second-order valence-corrected chi connectivity index (χ2v) is 7.31. The van der Waals surface area contributed by atoms with Gasteiger partial charge in [-0.3, -0.25) is 9.25 Å². The van der Waals surface area contributed by atoms with Crippen LogP contribution in [0.3, 0.4) is 0 Å². The molecule has 4 aromatic rings. The second-order valence-electron chi connectivity index (χ2n) is 6.36. The quantitative estimate of drug-likeness (QED) is 0.493. The highest BCUT2D eigenvalue weighted by molar-refractivity contribution is 7.98. The van der Waals surface area contributed by atoms with Crippen LogP contribution in [0, 0.1) is 13.8 Å². The maximum absolute atomic E-state index is 4.49. The monoisotopic (exact) mass is 376 g/mol. The van der Waals surface area contributed by atoms with Gasteiger partial charge in [0, 0.05) is 12.6 Å². The third-order valence-electron chi connectivity index (χ3n) is 4.55. The van der Waals surface area contributed by atoms with Gasteiger partial charge in [-0.15, -0.1) is 10.2 Å². The Morgan fingerprint density at radius 1 is 0.963 bits per heavy atom. The predicted molar refractivity (Wildman–Crippen MR) is 107 cm³/mol. The van der Waals surface area contributed by atoms with Crippen LogP contribution in [0.25, 0.3) is 17.1 Å². The summed E-state index contributed by atoms with van der Waals surface area (Å²) in [6.45, 7) is 4.24. The summed E-state index contributed by atoms with van der Waals surface area (Å²) in [6, 6.07) is 16.6. The number of aryl methyl sites for hydroxylation is 3. The number of thioether (sulfide) groups is 1. The molecule has 0 bridgehead atoms. The zero-order valence-corrected chi connectivity index (χ0v) is 16.3. The van der Waals surface area contributed by atoms with E-state index < -0.39 is 0 Å². The molecule has 0 saturated carbocycles. The number of nitrogens with zero attached hydrogens (tertiary/aromatic N) is 6. The fraction of sp³-hybridized carbons (Fsp3) is 0.200. The van der Waals surface area contributed by atoms with Crippen LogP contribution < -0.4 is 0 Å². The van der Waals surface area contributed by atoms with E-state index in [0.717, 1.165) is 28.1 Å². The summed E-state index contributed by atoms with van der Waals surface area (Å²) in [7, 11) is 1.90. The Kier molecular flexibility index (Phi) is 4.77. The largest absolute Gasteiger partial charge is 0.270 e. The molecule has 0 radical (unpaired) electrons. The average molecular weight is 376 g/mol. The number of rotatable bonds is 5. The molecule has 136 valence electrons. The van der Waals surface area contributed by atoms with Gasteiger partial charge in [0.25, 0.3) is 0 Å². The van der Waals surface area contributed by atoms with Crippen molar-refractivity contribution in [3.63, 3.8) is 0 Å². The molecule has 0 unspecified atom stereocenters. The fourth-order valence-corrected chi connectivity index (χ4v) is 3.75. The molecule has 0 aliphatic rings. The van der Waals surface area contributed by atoms with Gasteiger partial charge in [0.2, 0.25) is 0 Å². The van der Waals surface area contributed by atoms with Crippen molar-refractivity contribution in [2.45, 2.75) is 24.8 Å². The summed E-state index contributed by atoms with van der Waals surface area (Å²) in [5.74, 6) is 2.41. The Labute approximate surface area is 162 Å². The number of hydrogen-bond acceptors (Lipinski definition) is 5. The summed E-state index contributed by atoms with van der Waals surface area (Å²) < 4.78 is 3.89. The zero-order valence-electron chi connectivity index (χ0n) is 15.5. The van der Waals surface area contributed by atoms with E-state index in [1.165, 1.54) is 11.1 Å². The van der Waals surface area contributed by atoms with Crippen molar-refractivity contribution in [2.24, 2.45) is 7.05 Å². The van der Waals surface area contributed by atoms with E-state index in [2.05, 4.69) is 69.0 Å². The molecule has 2 aromatic carbocycles. The van der Waals surface area contributed by atoms with E-state index in [-0.39, 0.29) is 0 Å². The first kappa shape index (κ1) is 17.5. The standard InChI is InChI=1S/C20H20N6S/c1-14-9-10-17(11-15(14)2)26-19(16-7-5-4-6-8-16)23-24-20(26)27-12-18-21-13-22-25(18)3/h4-11,13H,12H2,1-3H3. The smallest absolute Gasteiger partial charge is 0.196 e. The maximum Gasteiger partial charge on any atom is 0.196 e. The van der Waals surface area contributed by atoms with Gasteiger partial charge < -0.3 is 0 Å². The normalized spacial score (nSPS) is 11.1. The lowest BCUT2D eigenvalue weighted by Gasteiger charge is -2.12. The van der Waals surface area contributed by atoms with E-state index in [0.29, 0.717) is 5.75 Å². The van der Waals surface area contributed by atoms with Gasteiger partial charge in [-0.25, -0.2) is 4.98 Å². The third-order valence-corrected chi connectivity index (χ3v) is 5.47. The highest BCUT2D eigenvalue weighted by atomic mass is 32.2. The Balaban J connectivity index is 1.78. The minimum Gasteiger partial charge on any atom is -0.270 e. The summed E-state index contributed by atoms with van der Waals surface area (Å²) in [5, 5.41) is 13.9. The van der Waals surface area contributed by atoms with Gasteiger partial charge in [-0.1, -0.05) is 48.2 Å². The maximum atomic E-state index is 4.49. The number of aromatic nitrogens is 6. The van der Waals surface area contributed by atoms with Crippen LogP contribution >= 0.6 is 11.8 Å². The van der Waals surface area contributed by atoms with Gasteiger partial charge in [0.15, 0.2) is 11.0 Å². The van der Waals surface area contributed by atoms with Gasteiger partial charge >= 0.3 is 0 Å². The summed E-state index contributed by atoms with van der Waals surface area (Å²) in [4.78, 5) is 4.30. The molecule has 2 heterocycles.